The number of hydrogen-bond donors (Lipinski definition) is 0. The summed E-state index contributed by atoms with van der Waals surface area (Å²) in [6.45, 7) is 8.95. The second-order valence-electron chi connectivity index (χ2n) is 8.49. The standard InChI is InChI=1S/C22H31NO3/c1-14(2)18-11-10-15(3)12-19(18)26-22(25)20-16(4)21(24)23(20)13-17-8-6-5-7-9-17/h5-9,14-16,18-20H,10-13H2,1-4H3/t15-,16?,18+,19-,20+/m1/s1. The Kier molecular flexibility index (Phi) is 5.69. The summed E-state index contributed by atoms with van der Waals surface area (Å²) < 4.78 is 5.99. The second-order valence-corrected chi connectivity index (χ2v) is 8.49. The first-order valence-electron chi connectivity index (χ1n) is 9.93. The number of β-lactam (4-membered cyclic amide) rings is 1. The first kappa shape index (κ1) is 18.9. The number of carbonyl (C=O) groups is 2. The molecular formula is C22H31NO3. The molecule has 0 aromatic heterocycles. The molecule has 1 unspecified atom stereocenters. The summed E-state index contributed by atoms with van der Waals surface area (Å²) in [4.78, 5) is 26.9. The predicted molar refractivity (Wildman–Crippen MR) is 101 cm³/mol. The van der Waals surface area contributed by atoms with Crippen LogP contribution >= 0.6 is 0 Å². The van der Waals surface area contributed by atoms with E-state index in [4.69, 9.17) is 4.74 Å². The van der Waals surface area contributed by atoms with Crippen molar-refractivity contribution >= 4 is 11.9 Å². The maximum Gasteiger partial charge on any atom is 0.329 e. The molecule has 2 aliphatic rings. The third-order valence-corrected chi connectivity index (χ3v) is 6.15. The van der Waals surface area contributed by atoms with Gasteiger partial charge in [-0.2, -0.15) is 0 Å². The zero-order chi connectivity index (χ0) is 18.8. The topological polar surface area (TPSA) is 46.6 Å². The Labute approximate surface area is 156 Å². The van der Waals surface area contributed by atoms with Crippen LogP contribution in [-0.4, -0.2) is 28.9 Å². The molecule has 5 atom stereocenters. The molecule has 1 aliphatic carbocycles. The van der Waals surface area contributed by atoms with Crippen LogP contribution in [0.1, 0.15) is 52.5 Å². The number of likely N-dealkylation sites (tertiary alicyclic amines) is 1. The van der Waals surface area contributed by atoms with Crippen LogP contribution in [0.25, 0.3) is 0 Å². The van der Waals surface area contributed by atoms with Crippen molar-refractivity contribution in [3.63, 3.8) is 0 Å². The first-order valence-corrected chi connectivity index (χ1v) is 9.93. The highest BCUT2D eigenvalue weighted by molar-refractivity contribution is 5.96. The molecule has 0 radical (unpaired) electrons. The number of ether oxygens (including phenoxy) is 1. The van der Waals surface area contributed by atoms with Gasteiger partial charge in [0.25, 0.3) is 0 Å². The lowest BCUT2D eigenvalue weighted by Gasteiger charge is -2.45. The van der Waals surface area contributed by atoms with Crippen molar-refractivity contribution < 1.29 is 14.3 Å². The van der Waals surface area contributed by atoms with E-state index in [1.807, 2.05) is 37.3 Å². The Bertz CT molecular complexity index is 642. The molecule has 2 fully saturated rings. The summed E-state index contributed by atoms with van der Waals surface area (Å²) in [6, 6.07) is 9.37. The molecule has 0 spiro atoms. The summed E-state index contributed by atoms with van der Waals surface area (Å²) in [5.41, 5.74) is 1.04. The van der Waals surface area contributed by atoms with Gasteiger partial charge < -0.3 is 9.64 Å². The van der Waals surface area contributed by atoms with Gasteiger partial charge in [-0.3, -0.25) is 4.79 Å². The van der Waals surface area contributed by atoms with Crippen LogP contribution in [-0.2, 0) is 20.9 Å². The summed E-state index contributed by atoms with van der Waals surface area (Å²) >= 11 is 0. The first-order chi connectivity index (χ1) is 12.4. The summed E-state index contributed by atoms with van der Waals surface area (Å²) in [5, 5.41) is 0. The van der Waals surface area contributed by atoms with Crippen molar-refractivity contribution in [2.24, 2.45) is 23.7 Å². The van der Waals surface area contributed by atoms with Crippen molar-refractivity contribution in [1.82, 2.24) is 4.90 Å². The monoisotopic (exact) mass is 357 g/mol. The number of nitrogens with zero attached hydrogens (tertiary/aromatic N) is 1. The van der Waals surface area contributed by atoms with E-state index in [1.54, 1.807) is 4.90 Å². The molecule has 0 bridgehead atoms. The van der Waals surface area contributed by atoms with Crippen LogP contribution in [0, 0.1) is 23.7 Å². The van der Waals surface area contributed by atoms with Gasteiger partial charge in [0.05, 0.1) is 5.92 Å². The second kappa shape index (κ2) is 7.81. The number of carbonyl (C=O) groups excluding carboxylic acids is 2. The molecule has 1 aromatic rings. The largest absolute Gasteiger partial charge is 0.461 e. The number of amides is 1. The van der Waals surface area contributed by atoms with Gasteiger partial charge in [0.1, 0.15) is 12.1 Å². The molecule has 1 heterocycles. The van der Waals surface area contributed by atoms with E-state index in [2.05, 4.69) is 20.8 Å². The Morgan fingerprint density at radius 1 is 1.19 bits per heavy atom. The Morgan fingerprint density at radius 2 is 1.88 bits per heavy atom. The highest BCUT2D eigenvalue weighted by Gasteiger charge is 2.50. The van der Waals surface area contributed by atoms with Gasteiger partial charge in [-0.05, 0) is 36.2 Å². The Balaban J connectivity index is 1.68. The third-order valence-electron chi connectivity index (χ3n) is 6.15. The average Bonchev–Trinajstić information content (AvgIpc) is 2.61. The molecule has 0 N–H and O–H groups in total. The molecule has 1 saturated heterocycles. The fraction of sp³-hybridized carbons (Fsp3) is 0.636. The molecule has 4 heteroatoms. The van der Waals surface area contributed by atoms with Gasteiger partial charge >= 0.3 is 5.97 Å². The maximum absolute atomic E-state index is 12.9. The highest BCUT2D eigenvalue weighted by Crippen LogP contribution is 2.37. The van der Waals surface area contributed by atoms with E-state index in [0.29, 0.717) is 24.3 Å². The van der Waals surface area contributed by atoms with Crippen LogP contribution < -0.4 is 0 Å². The average molecular weight is 357 g/mol. The van der Waals surface area contributed by atoms with E-state index in [-0.39, 0.29) is 23.9 Å². The fourth-order valence-electron chi connectivity index (χ4n) is 4.48. The van der Waals surface area contributed by atoms with Crippen molar-refractivity contribution in [3.8, 4) is 0 Å². The zero-order valence-corrected chi connectivity index (χ0v) is 16.4. The van der Waals surface area contributed by atoms with Gasteiger partial charge in [0, 0.05) is 6.54 Å². The molecule has 26 heavy (non-hydrogen) atoms. The quantitative estimate of drug-likeness (QED) is 0.590. The van der Waals surface area contributed by atoms with Gasteiger partial charge in [-0.1, -0.05) is 64.4 Å². The van der Waals surface area contributed by atoms with Crippen LogP contribution in [0.15, 0.2) is 30.3 Å². The van der Waals surface area contributed by atoms with Gasteiger partial charge in [-0.25, -0.2) is 4.79 Å². The molecule has 1 amide bonds. The highest BCUT2D eigenvalue weighted by atomic mass is 16.5. The number of benzene rings is 1. The zero-order valence-electron chi connectivity index (χ0n) is 16.4. The molecule has 4 nitrogen and oxygen atoms in total. The molecule has 142 valence electrons. The van der Waals surface area contributed by atoms with Crippen molar-refractivity contribution in [1.29, 1.82) is 0 Å². The fourth-order valence-corrected chi connectivity index (χ4v) is 4.48. The normalized spacial score (nSPS) is 31.7. The Morgan fingerprint density at radius 3 is 2.54 bits per heavy atom. The summed E-state index contributed by atoms with van der Waals surface area (Å²) in [5.74, 6) is 1.03. The van der Waals surface area contributed by atoms with Crippen LogP contribution in [0.2, 0.25) is 0 Å². The summed E-state index contributed by atoms with van der Waals surface area (Å²) in [6.07, 6.45) is 3.23. The molecule has 1 aliphatic heterocycles. The van der Waals surface area contributed by atoms with Crippen molar-refractivity contribution in [3.05, 3.63) is 35.9 Å². The minimum absolute atomic E-state index is 0.0206. The lowest BCUT2D eigenvalue weighted by Crippen LogP contribution is -2.63. The van der Waals surface area contributed by atoms with E-state index in [1.165, 1.54) is 6.42 Å². The van der Waals surface area contributed by atoms with Crippen LogP contribution in [0.4, 0.5) is 0 Å². The smallest absolute Gasteiger partial charge is 0.329 e. The van der Waals surface area contributed by atoms with E-state index in [9.17, 15) is 9.59 Å². The SMILES string of the molecule is CC1C(=O)N(Cc2ccccc2)[C@@H]1C(=O)O[C@@H]1C[C@H](C)CC[C@H]1C(C)C. The number of esters is 1. The predicted octanol–water partition coefficient (Wildman–Crippen LogP) is 4.04. The Hall–Kier alpha value is -1.84. The number of rotatable bonds is 5. The van der Waals surface area contributed by atoms with Gasteiger partial charge in [0.2, 0.25) is 5.91 Å². The molecule has 1 saturated carbocycles. The van der Waals surface area contributed by atoms with E-state index < -0.39 is 6.04 Å². The van der Waals surface area contributed by atoms with Crippen molar-refractivity contribution in [2.75, 3.05) is 0 Å². The molecule has 3 rings (SSSR count). The van der Waals surface area contributed by atoms with E-state index >= 15 is 0 Å². The number of hydrogen-bond acceptors (Lipinski definition) is 3. The molecular weight excluding hydrogens is 326 g/mol. The molecule has 1 aromatic carbocycles. The van der Waals surface area contributed by atoms with Crippen LogP contribution in [0.3, 0.4) is 0 Å². The van der Waals surface area contributed by atoms with Crippen LogP contribution in [0.5, 0.6) is 0 Å². The lowest BCUT2D eigenvalue weighted by atomic mass is 9.75. The van der Waals surface area contributed by atoms with Gasteiger partial charge in [0.15, 0.2) is 0 Å². The third kappa shape index (κ3) is 3.79. The minimum atomic E-state index is -0.451. The van der Waals surface area contributed by atoms with Gasteiger partial charge in [-0.15, -0.1) is 0 Å². The maximum atomic E-state index is 12.9. The summed E-state index contributed by atoms with van der Waals surface area (Å²) in [7, 11) is 0. The minimum Gasteiger partial charge on any atom is -0.461 e. The lowest BCUT2D eigenvalue weighted by molar-refractivity contribution is -0.181. The van der Waals surface area contributed by atoms with E-state index in [0.717, 1.165) is 18.4 Å². The van der Waals surface area contributed by atoms with Crippen molar-refractivity contribution in [2.45, 2.75) is 65.6 Å².